The molecule has 19 heavy (non-hydrogen) atoms. The zero-order valence-electron chi connectivity index (χ0n) is 10.8. The summed E-state index contributed by atoms with van der Waals surface area (Å²) >= 11 is 0. The van der Waals surface area contributed by atoms with E-state index in [4.69, 9.17) is 5.73 Å². The van der Waals surface area contributed by atoms with Gasteiger partial charge in [-0.05, 0) is 30.4 Å². The molecule has 1 heterocycles. The molecule has 0 saturated heterocycles. The van der Waals surface area contributed by atoms with Gasteiger partial charge >= 0.3 is 6.18 Å². The van der Waals surface area contributed by atoms with Gasteiger partial charge in [-0.25, -0.2) is 0 Å². The van der Waals surface area contributed by atoms with E-state index in [9.17, 15) is 13.2 Å². The van der Waals surface area contributed by atoms with Crippen LogP contribution < -0.4 is 5.73 Å². The van der Waals surface area contributed by atoms with E-state index in [1.807, 2.05) is 0 Å². The number of alkyl halides is 3. The van der Waals surface area contributed by atoms with Crippen molar-refractivity contribution >= 4 is 0 Å². The summed E-state index contributed by atoms with van der Waals surface area (Å²) in [5.41, 5.74) is 5.40. The number of nitrogens with zero attached hydrogens (tertiary/aromatic N) is 1. The fourth-order valence-electron chi connectivity index (χ4n) is 2.83. The number of hydrogen-bond acceptors (Lipinski definition) is 2. The van der Waals surface area contributed by atoms with E-state index in [2.05, 4.69) is 4.98 Å². The number of rotatable bonds is 4. The molecule has 1 aliphatic carbocycles. The highest BCUT2D eigenvalue weighted by atomic mass is 19.4. The zero-order chi connectivity index (χ0) is 13.9. The van der Waals surface area contributed by atoms with Crippen LogP contribution in [0.2, 0.25) is 0 Å². The summed E-state index contributed by atoms with van der Waals surface area (Å²) in [6.07, 6.45) is 4.41. The van der Waals surface area contributed by atoms with E-state index >= 15 is 0 Å². The van der Waals surface area contributed by atoms with Gasteiger partial charge in [0.15, 0.2) is 0 Å². The lowest BCUT2D eigenvalue weighted by molar-refractivity contribution is -0.138. The molecule has 1 aliphatic rings. The molecule has 1 unspecified atom stereocenters. The molecule has 2 N–H and O–H groups in total. The highest BCUT2D eigenvalue weighted by Crippen LogP contribution is 2.36. The van der Waals surface area contributed by atoms with Crippen molar-refractivity contribution in [1.82, 2.24) is 4.98 Å². The van der Waals surface area contributed by atoms with Crippen molar-refractivity contribution in [2.75, 3.05) is 0 Å². The number of aromatic nitrogens is 1. The molecule has 0 aromatic carbocycles. The van der Waals surface area contributed by atoms with Crippen molar-refractivity contribution in [3.8, 4) is 0 Å². The monoisotopic (exact) mass is 272 g/mol. The van der Waals surface area contributed by atoms with Gasteiger partial charge in [-0.15, -0.1) is 0 Å². The third-order valence-corrected chi connectivity index (χ3v) is 3.92. The van der Waals surface area contributed by atoms with Crippen molar-refractivity contribution in [1.29, 1.82) is 0 Å². The van der Waals surface area contributed by atoms with E-state index in [1.165, 1.54) is 31.9 Å². The summed E-state index contributed by atoms with van der Waals surface area (Å²) in [5.74, 6) is 0.636. The molecule has 1 aromatic rings. The van der Waals surface area contributed by atoms with Crippen LogP contribution in [0.25, 0.3) is 0 Å². The molecule has 1 atom stereocenters. The minimum Gasteiger partial charge on any atom is -0.324 e. The molecule has 2 nitrogen and oxygen atoms in total. The van der Waals surface area contributed by atoms with Gasteiger partial charge in [-0.2, -0.15) is 13.2 Å². The molecule has 0 radical (unpaired) electrons. The van der Waals surface area contributed by atoms with Crippen LogP contribution in [0.5, 0.6) is 0 Å². The zero-order valence-corrected chi connectivity index (χ0v) is 10.8. The Balaban J connectivity index is 2.03. The maximum Gasteiger partial charge on any atom is 0.416 e. The predicted octanol–water partition coefficient (Wildman–Crippen LogP) is 4.07. The van der Waals surface area contributed by atoms with Crippen molar-refractivity contribution in [3.05, 3.63) is 29.6 Å². The summed E-state index contributed by atoms with van der Waals surface area (Å²) in [6.45, 7) is 0. The molecular weight excluding hydrogens is 253 g/mol. The molecule has 1 aromatic heterocycles. The number of pyridine rings is 1. The molecule has 0 bridgehead atoms. The van der Waals surface area contributed by atoms with Crippen LogP contribution >= 0.6 is 0 Å². The second-order valence-electron chi connectivity index (χ2n) is 5.30. The normalized spacial score (nSPS) is 18.7. The Morgan fingerprint density at radius 3 is 2.63 bits per heavy atom. The number of nitrogens with two attached hydrogens (primary N) is 1. The summed E-state index contributed by atoms with van der Waals surface area (Å²) in [5, 5.41) is 0. The standard InChI is InChI=1S/C14H19F3N2/c15-14(16,17)12-7-8-19-9-11(12)13(18)6-5-10-3-1-2-4-10/h7-10,13H,1-6,18H2. The Morgan fingerprint density at radius 2 is 2.00 bits per heavy atom. The summed E-state index contributed by atoms with van der Waals surface area (Å²) < 4.78 is 38.6. The summed E-state index contributed by atoms with van der Waals surface area (Å²) in [6, 6.07) is 0.427. The van der Waals surface area contributed by atoms with E-state index in [0.29, 0.717) is 12.3 Å². The van der Waals surface area contributed by atoms with Gasteiger partial charge in [0.25, 0.3) is 0 Å². The molecule has 5 heteroatoms. The Hall–Kier alpha value is -1.10. The lowest BCUT2D eigenvalue weighted by Gasteiger charge is -2.19. The number of hydrogen-bond donors (Lipinski definition) is 1. The highest BCUT2D eigenvalue weighted by molar-refractivity contribution is 5.28. The molecule has 0 spiro atoms. The lowest BCUT2D eigenvalue weighted by Crippen LogP contribution is -2.18. The smallest absolute Gasteiger partial charge is 0.324 e. The lowest BCUT2D eigenvalue weighted by atomic mass is 9.94. The van der Waals surface area contributed by atoms with Crippen LogP contribution in [0, 0.1) is 5.92 Å². The van der Waals surface area contributed by atoms with E-state index in [1.54, 1.807) is 0 Å². The van der Waals surface area contributed by atoms with Gasteiger partial charge in [0.05, 0.1) is 5.56 Å². The largest absolute Gasteiger partial charge is 0.416 e. The van der Waals surface area contributed by atoms with Crippen molar-refractivity contribution in [3.63, 3.8) is 0 Å². The van der Waals surface area contributed by atoms with Crippen LogP contribution in [0.15, 0.2) is 18.5 Å². The first-order chi connectivity index (χ1) is 8.98. The fraction of sp³-hybridized carbons (Fsp3) is 0.643. The average Bonchev–Trinajstić information content (AvgIpc) is 2.88. The molecule has 0 aliphatic heterocycles. The molecule has 1 fully saturated rings. The maximum atomic E-state index is 12.9. The Morgan fingerprint density at radius 1 is 1.32 bits per heavy atom. The first-order valence-corrected chi connectivity index (χ1v) is 6.75. The molecule has 2 rings (SSSR count). The van der Waals surface area contributed by atoms with Crippen molar-refractivity contribution < 1.29 is 13.2 Å². The van der Waals surface area contributed by atoms with Gasteiger partial charge in [-0.1, -0.05) is 25.7 Å². The molecule has 0 amide bonds. The summed E-state index contributed by atoms with van der Waals surface area (Å²) in [7, 11) is 0. The topological polar surface area (TPSA) is 38.9 Å². The molecule has 1 saturated carbocycles. The third kappa shape index (κ3) is 3.69. The number of halogens is 3. The van der Waals surface area contributed by atoms with E-state index < -0.39 is 17.8 Å². The quantitative estimate of drug-likeness (QED) is 0.897. The van der Waals surface area contributed by atoms with Crippen LogP contribution in [0.3, 0.4) is 0 Å². The van der Waals surface area contributed by atoms with Gasteiger partial charge in [-0.3, -0.25) is 4.98 Å². The third-order valence-electron chi connectivity index (χ3n) is 3.92. The highest BCUT2D eigenvalue weighted by Gasteiger charge is 2.34. The Kier molecular flexibility index (Phi) is 4.45. The maximum absolute atomic E-state index is 12.9. The van der Waals surface area contributed by atoms with E-state index in [0.717, 1.165) is 18.7 Å². The first kappa shape index (κ1) is 14.3. The van der Waals surface area contributed by atoms with Gasteiger partial charge in [0.2, 0.25) is 0 Å². The van der Waals surface area contributed by atoms with Crippen molar-refractivity contribution in [2.24, 2.45) is 11.7 Å². The van der Waals surface area contributed by atoms with Crippen LogP contribution in [-0.4, -0.2) is 4.98 Å². The minimum atomic E-state index is -4.36. The Bertz CT molecular complexity index is 411. The van der Waals surface area contributed by atoms with Gasteiger partial charge in [0.1, 0.15) is 0 Å². The van der Waals surface area contributed by atoms with Crippen molar-refractivity contribution in [2.45, 2.75) is 50.7 Å². The first-order valence-electron chi connectivity index (χ1n) is 6.75. The van der Waals surface area contributed by atoms with Crippen LogP contribution in [0.1, 0.15) is 55.7 Å². The SMILES string of the molecule is NC(CCC1CCCC1)c1cnccc1C(F)(F)F. The molecular formula is C14H19F3N2. The fourth-order valence-corrected chi connectivity index (χ4v) is 2.83. The van der Waals surface area contributed by atoms with Crippen LogP contribution in [0.4, 0.5) is 13.2 Å². The second-order valence-corrected chi connectivity index (χ2v) is 5.30. The summed E-state index contributed by atoms with van der Waals surface area (Å²) in [4.78, 5) is 3.78. The Labute approximate surface area is 111 Å². The second kappa shape index (κ2) is 5.90. The minimum absolute atomic E-state index is 0.119. The van der Waals surface area contributed by atoms with Crippen LogP contribution in [-0.2, 0) is 6.18 Å². The molecule has 106 valence electrons. The average molecular weight is 272 g/mol. The van der Waals surface area contributed by atoms with E-state index in [-0.39, 0.29) is 5.56 Å². The van der Waals surface area contributed by atoms with Gasteiger partial charge < -0.3 is 5.73 Å². The van der Waals surface area contributed by atoms with Gasteiger partial charge in [0, 0.05) is 18.4 Å². The predicted molar refractivity (Wildman–Crippen MR) is 67.4 cm³/mol.